The zero-order valence-electron chi connectivity index (χ0n) is 8.43. The number of benzene rings is 1. The molecule has 1 aromatic rings. The van der Waals surface area contributed by atoms with Crippen LogP contribution in [0.3, 0.4) is 0 Å². The summed E-state index contributed by atoms with van der Waals surface area (Å²) in [5.74, 6) is 0. The standard InChI is InChI=1S/C8H12BNO4S/c1-6-7(9(11)12)4-3-5-8(6)10-15(2,13)14/h3-5,10-12H,1-2H3. The van der Waals surface area contributed by atoms with Crippen molar-refractivity contribution in [1.82, 2.24) is 0 Å². The second-order valence-electron chi connectivity index (χ2n) is 3.27. The van der Waals surface area contributed by atoms with Gasteiger partial charge < -0.3 is 10.0 Å². The van der Waals surface area contributed by atoms with Crippen molar-refractivity contribution in [2.24, 2.45) is 0 Å². The van der Waals surface area contributed by atoms with Crippen molar-refractivity contribution in [2.75, 3.05) is 11.0 Å². The molecule has 0 saturated heterocycles. The van der Waals surface area contributed by atoms with Crippen LogP contribution in [0.2, 0.25) is 0 Å². The highest BCUT2D eigenvalue weighted by Crippen LogP contribution is 2.13. The van der Waals surface area contributed by atoms with Gasteiger partial charge in [-0.25, -0.2) is 8.42 Å². The number of hydrogen-bond acceptors (Lipinski definition) is 4. The van der Waals surface area contributed by atoms with E-state index in [1.165, 1.54) is 6.07 Å². The van der Waals surface area contributed by atoms with Gasteiger partial charge in [-0.05, 0) is 24.0 Å². The van der Waals surface area contributed by atoms with Crippen molar-refractivity contribution >= 4 is 28.3 Å². The van der Waals surface area contributed by atoms with E-state index in [1.807, 2.05) is 0 Å². The van der Waals surface area contributed by atoms with Crippen molar-refractivity contribution in [1.29, 1.82) is 0 Å². The van der Waals surface area contributed by atoms with Crippen molar-refractivity contribution in [3.63, 3.8) is 0 Å². The van der Waals surface area contributed by atoms with E-state index in [4.69, 9.17) is 10.0 Å². The highest BCUT2D eigenvalue weighted by atomic mass is 32.2. The molecule has 0 aliphatic rings. The van der Waals surface area contributed by atoms with Gasteiger partial charge in [-0.15, -0.1) is 0 Å². The fraction of sp³-hybridized carbons (Fsp3) is 0.250. The van der Waals surface area contributed by atoms with E-state index in [-0.39, 0.29) is 5.46 Å². The molecule has 0 unspecified atom stereocenters. The Kier molecular flexibility index (Phi) is 3.38. The summed E-state index contributed by atoms with van der Waals surface area (Å²) in [6, 6.07) is 4.63. The van der Waals surface area contributed by atoms with Gasteiger partial charge in [-0.2, -0.15) is 0 Å². The minimum atomic E-state index is -3.36. The first-order chi connectivity index (χ1) is 6.81. The molecule has 0 heterocycles. The Morgan fingerprint density at radius 1 is 1.33 bits per heavy atom. The van der Waals surface area contributed by atoms with Crippen molar-refractivity contribution in [2.45, 2.75) is 6.92 Å². The van der Waals surface area contributed by atoms with Gasteiger partial charge in [0.15, 0.2) is 0 Å². The van der Waals surface area contributed by atoms with Crippen LogP contribution in [-0.2, 0) is 10.0 Å². The lowest BCUT2D eigenvalue weighted by Gasteiger charge is -2.11. The Labute approximate surface area is 89.0 Å². The molecule has 0 fully saturated rings. The van der Waals surface area contributed by atoms with Gasteiger partial charge >= 0.3 is 7.12 Å². The second kappa shape index (κ2) is 4.22. The molecule has 0 saturated carbocycles. The molecule has 0 amide bonds. The van der Waals surface area contributed by atoms with Gasteiger partial charge in [-0.3, -0.25) is 4.72 Å². The summed E-state index contributed by atoms with van der Waals surface area (Å²) in [4.78, 5) is 0. The molecular weight excluding hydrogens is 217 g/mol. The van der Waals surface area contributed by atoms with Gasteiger partial charge in [0.2, 0.25) is 10.0 Å². The molecule has 3 N–H and O–H groups in total. The molecule has 5 nitrogen and oxygen atoms in total. The lowest BCUT2D eigenvalue weighted by atomic mass is 9.77. The lowest BCUT2D eigenvalue weighted by Crippen LogP contribution is -2.32. The molecule has 0 radical (unpaired) electrons. The molecule has 0 aliphatic carbocycles. The molecule has 0 atom stereocenters. The maximum absolute atomic E-state index is 11.0. The van der Waals surface area contributed by atoms with E-state index >= 15 is 0 Å². The maximum atomic E-state index is 11.0. The van der Waals surface area contributed by atoms with Crippen LogP contribution in [0.4, 0.5) is 5.69 Å². The normalized spacial score (nSPS) is 11.2. The number of anilines is 1. The molecule has 1 rings (SSSR count). The quantitative estimate of drug-likeness (QED) is 0.583. The van der Waals surface area contributed by atoms with Crippen molar-refractivity contribution in [3.8, 4) is 0 Å². The molecule has 15 heavy (non-hydrogen) atoms. The van der Waals surface area contributed by atoms with Crippen LogP contribution in [0.5, 0.6) is 0 Å². The Morgan fingerprint density at radius 2 is 1.93 bits per heavy atom. The number of nitrogens with one attached hydrogen (secondary N) is 1. The largest absolute Gasteiger partial charge is 0.488 e. The van der Waals surface area contributed by atoms with Crippen LogP contribution in [0.1, 0.15) is 5.56 Å². The van der Waals surface area contributed by atoms with Crippen LogP contribution in [-0.4, -0.2) is 31.8 Å². The number of sulfonamides is 1. The highest BCUT2D eigenvalue weighted by Gasteiger charge is 2.16. The molecular formula is C8H12BNO4S. The summed E-state index contributed by atoms with van der Waals surface area (Å²) in [5, 5.41) is 18.0. The Hall–Kier alpha value is -1.05. The van der Waals surface area contributed by atoms with E-state index in [0.29, 0.717) is 11.3 Å². The summed E-state index contributed by atoms with van der Waals surface area (Å²) >= 11 is 0. The van der Waals surface area contributed by atoms with Gasteiger partial charge in [-0.1, -0.05) is 12.1 Å². The van der Waals surface area contributed by atoms with Gasteiger partial charge in [0, 0.05) is 0 Å². The van der Waals surface area contributed by atoms with E-state index in [0.717, 1.165) is 6.26 Å². The van der Waals surface area contributed by atoms with Crippen LogP contribution >= 0.6 is 0 Å². The monoisotopic (exact) mass is 229 g/mol. The predicted molar refractivity (Wildman–Crippen MR) is 59.5 cm³/mol. The Balaban J connectivity index is 3.16. The van der Waals surface area contributed by atoms with E-state index < -0.39 is 17.1 Å². The average molecular weight is 229 g/mol. The molecule has 1 aromatic carbocycles. The average Bonchev–Trinajstić information content (AvgIpc) is 2.05. The molecule has 82 valence electrons. The SMILES string of the molecule is Cc1c(NS(C)(=O)=O)cccc1B(O)O. The van der Waals surface area contributed by atoms with Crippen molar-refractivity contribution < 1.29 is 18.5 Å². The van der Waals surface area contributed by atoms with Crippen LogP contribution in [0.25, 0.3) is 0 Å². The van der Waals surface area contributed by atoms with E-state index in [1.54, 1.807) is 19.1 Å². The van der Waals surface area contributed by atoms with Crippen LogP contribution in [0, 0.1) is 6.92 Å². The smallest absolute Gasteiger partial charge is 0.423 e. The highest BCUT2D eigenvalue weighted by molar-refractivity contribution is 7.92. The molecule has 0 spiro atoms. The fourth-order valence-corrected chi connectivity index (χ4v) is 1.86. The zero-order valence-corrected chi connectivity index (χ0v) is 9.25. The van der Waals surface area contributed by atoms with Crippen LogP contribution in [0.15, 0.2) is 18.2 Å². The number of hydrogen-bond donors (Lipinski definition) is 3. The fourth-order valence-electron chi connectivity index (χ4n) is 1.24. The third-order valence-corrected chi connectivity index (χ3v) is 2.54. The van der Waals surface area contributed by atoms with Crippen molar-refractivity contribution in [3.05, 3.63) is 23.8 Å². The molecule has 0 aromatic heterocycles. The minimum Gasteiger partial charge on any atom is -0.423 e. The first-order valence-corrected chi connectivity index (χ1v) is 6.14. The first-order valence-electron chi connectivity index (χ1n) is 4.24. The van der Waals surface area contributed by atoms with E-state index in [9.17, 15) is 8.42 Å². The maximum Gasteiger partial charge on any atom is 0.488 e. The summed E-state index contributed by atoms with van der Waals surface area (Å²) in [5.41, 5.74) is 1.13. The molecule has 0 aliphatic heterocycles. The summed E-state index contributed by atoms with van der Waals surface area (Å²) in [6.07, 6.45) is 1.04. The number of rotatable bonds is 3. The minimum absolute atomic E-state index is 0.281. The third kappa shape index (κ3) is 3.23. The summed E-state index contributed by atoms with van der Waals surface area (Å²) in [6.45, 7) is 1.61. The van der Waals surface area contributed by atoms with Gasteiger partial charge in [0.1, 0.15) is 0 Å². The lowest BCUT2D eigenvalue weighted by molar-refractivity contribution is 0.425. The van der Waals surface area contributed by atoms with Gasteiger partial charge in [0.05, 0.1) is 11.9 Å². The first kappa shape index (κ1) is 12.0. The molecule has 7 heteroatoms. The summed E-state index contributed by atoms with van der Waals surface area (Å²) in [7, 11) is -4.96. The third-order valence-electron chi connectivity index (χ3n) is 1.95. The Bertz CT molecular complexity index is 458. The Morgan fingerprint density at radius 3 is 2.40 bits per heavy atom. The predicted octanol–water partition coefficient (Wildman–Crippen LogP) is -0.954. The van der Waals surface area contributed by atoms with E-state index in [2.05, 4.69) is 4.72 Å². The summed E-state index contributed by atoms with van der Waals surface area (Å²) < 4.78 is 24.3. The molecule has 0 bridgehead atoms. The van der Waals surface area contributed by atoms with Gasteiger partial charge in [0.25, 0.3) is 0 Å². The van der Waals surface area contributed by atoms with Crippen LogP contribution < -0.4 is 10.2 Å². The topological polar surface area (TPSA) is 86.6 Å². The zero-order chi connectivity index (χ0) is 11.6. The second-order valence-corrected chi connectivity index (χ2v) is 5.02.